The average Bonchev–Trinajstić information content (AvgIpc) is 2.35. The van der Waals surface area contributed by atoms with Crippen molar-refractivity contribution in [2.45, 2.75) is 6.10 Å². The normalized spacial score (nSPS) is 11.6. The van der Waals surface area contributed by atoms with E-state index in [1.54, 1.807) is 25.3 Å². The van der Waals surface area contributed by atoms with Crippen LogP contribution in [-0.2, 0) is 0 Å². The number of terminal acetylenes is 1. The largest absolute Gasteiger partial charge is 0.495 e. The van der Waals surface area contributed by atoms with Gasteiger partial charge in [0.2, 0.25) is 0 Å². The summed E-state index contributed by atoms with van der Waals surface area (Å²) in [5.41, 5.74) is 1.42. The molecular weight excluding hydrogens is 206 g/mol. The number of nitrogens with one attached hydrogen (secondary N) is 1. The van der Waals surface area contributed by atoms with Crippen molar-refractivity contribution in [3.63, 3.8) is 0 Å². The maximum Gasteiger partial charge on any atom is 0.134 e. The minimum atomic E-state index is -0.781. The molecule has 0 aliphatic carbocycles. The van der Waals surface area contributed by atoms with Gasteiger partial charge in [-0.25, -0.2) is 0 Å². The van der Waals surface area contributed by atoms with Gasteiger partial charge in [0.25, 0.3) is 0 Å². The van der Waals surface area contributed by atoms with Crippen LogP contribution in [0.3, 0.4) is 0 Å². The summed E-state index contributed by atoms with van der Waals surface area (Å²) < 4.78 is 5.08. The fraction of sp³-hybridized carbons (Fsp3) is 0.333. The molecule has 1 aromatic rings. The molecule has 0 heterocycles. The highest BCUT2D eigenvalue weighted by molar-refractivity contribution is 5.56. The predicted molar refractivity (Wildman–Crippen MR) is 62.5 cm³/mol. The number of ether oxygens (including phenoxy) is 1. The number of methoxy groups -OCH3 is 1. The molecule has 0 bridgehead atoms. The first-order valence-electron chi connectivity index (χ1n) is 4.88. The first-order valence-corrected chi connectivity index (χ1v) is 4.88. The lowest BCUT2D eigenvalue weighted by molar-refractivity contribution is 0.105. The third-order valence-electron chi connectivity index (χ3n) is 2.11. The van der Waals surface area contributed by atoms with Gasteiger partial charge in [-0.05, 0) is 18.2 Å². The smallest absolute Gasteiger partial charge is 0.134 e. The van der Waals surface area contributed by atoms with Crippen molar-refractivity contribution < 1.29 is 14.9 Å². The van der Waals surface area contributed by atoms with Crippen LogP contribution >= 0.6 is 0 Å². The van der Waals surface area contributed by atoms with Gasteiger partial charge in [-0.15, -0.1) is 6.42 Å². The van der Waals surface area contributed by atoms with E-state index >= 15 is 0 Å². The number of aliphatic hydroxyl groups excluding tert-OH is 2. The summed E-state index contributed by atoms with van der Waals surface area (Å²) in [6.45, 7) is -0.00199. The molecule has 0 aliphatic rings. The molecule has 4 nitrogen and oxygen atoms in total. The Morgan fingerprint density at radius 3 is 2.88 bits per heavy atom. The van der Waals surface area contributed by atoms with Gasteiger partial charge in [0.15, 0.2) is 0 Å². The third-order valence-corrected chi connectivity index (χ3v) is 2.11. The molecule has 0 saturated heterocycles. The molecule has 0 radical (unpaired) electrons. The van der Waals surface area contributed by atoms with E-state index in [-0.39, 0.29) is 13.2 Å². The Hall–Kier alpha value is -1.70. The molecule has 0 saturated carbocycles. The molecule has 86 valence electrons. The summed E-state index contributed by atoms with van der Waals surface area (Å²) in [5, 5.41) is 20.8. The molecule has 0 amide bonds. The van der Waals surface area contributed by atoms with Crippen molar-refractivity contribution in [1.29, 1.82) is 0 Å². The van der Waals surface area contributed by atoms with Gasteiger partial charge >= 0.3 is 0 Å². The Morgan fingerprint density at radius 1 is 1.56 bits per heavy atom. The van der Waals surface area contributed by atoms with Gasteiger partial charge < -0.3 is 20.3 Å². The number of hydrogen-bond donors (Lipinski definition) is 3. The molecule has 0 spiro atoms. The molecule has 0 aliphatic heterocycles. The summed E-state index contributed by atoms with van der Waals surface area (Å²) in [5.74, 6) is 3.15. The Balaban J connectivity index is 2.72. The highest BCUT2D eigenvalue weighted by Crippen LogP contribution is 2.21. The molecule has 1 atom stereocenters. The van der Waals surface area contributed by atoms with Gasteiger partial charge in [-0.3, -0.25) is 0 Å². The highest BCUT2D eigenvalue weighted by atomic mass is 16.5. The van der Waals surface area contributed by atoms with Crippen molar-refractivity contribution in [3.05, 3.63) is 23.8 Å². The van der Waals surface area contributed by atoms with Crippen LogP contribution in [0.1, 0.15) is 5.56 Å². The lowest BCUT2D eigenvalue weighted by atomic mass is 10.2. The fourth-order valence-electron chi connectivity index (χ4n) is 1.23. The molecule has 0 fully saturated rings. The maximum atomic E-state index is 9.17. The van der Waals surface area contributed by atoms with Crippen LogP contribution in [0.5, 0.6) is 5.75 Å². The zero-order valence-electron chi connectivity index (χ0n) is 9.10. The molecule has 16 heavy (non-hydrogen) atoms. The van der Waals surface area contributed by atoms with Gasteiger partial charge in [0, 0.05) is 12.2 Å². The Bertz CT molecular complexity index is 384. The van der Waals surface area contributed by atoms with Crippen LogP contribution in [0.25, 0.3) is 0 Å². The summed E-state index contributed by atoms with van der Waals surface area (Å²) in [7, 11) is 1.55. The van der Waals surface area contributed by atoms with E-state index in [1.807, 2.05) is 0 Å². The van der Waals surface area contributed by atoms with Crippen molar-refractivity contribution >= 4 is 5.69 Å². The van der Waals surface area contributed by atoms with E-state index in [1.165, 1.54) is 0 Å². The first-order chi connectivity index (χ1) is 7.71. The lowest BCUT2D eigenvalue weighted by Crippen LogP contribution is -2.22. The van der Waals surface area contributed by atoms with Crippen molar-refractivity contribution in [1.82, 2.24) is 0 Å². The standard InChI is InChI=1S/C12H15NO3/c1-3-9-6-10(4-5-12(9)16-2)13-7-11(15)8-14/h1,4-6,11,13-15H,7-8H2,2H3. The average molecular weight is 221 g/mol. The molecular formula is C12H15NO3. The number of anilines is 1. The van der Waals surface area contributed by atoms with Crippen molar-refractivity contribution in [2.75, 3.05) is 25.6 Å². The SMILES string of the molecule is C#Cc1cc(NCC(O)CO)ccc1OC. The number of hydrogen-bond acceptors (Lipinski definition) is 4. The molecule has 1 unspecified atom stereocenters. The van der Waals surface area contributed by atoms with Crippen LogP contribution in [0.15, 0.2) is 18.2 Å². The van der Waals surface area contributed by atoms with Crippen LogP contribution in [-0.4, -0.2) is 36.6 Å². The minimum absolute atomic E-state index is 0.271. The number of benzene rings is 1. The zero-order chi connectivity index (χ0) is 12.0. The van der Waals surface area contributed by atoms with E-state index in [9.17, 15) is 0 Å². The van der Waals surface area contributed by atoms with Crippen molar-refractivity contribution in [3.8, 4) is 18.1 Å². The van der Waals surface area contributed by atoms with Crippen LogP contribution in [0, 0.1) is 12.3 Å². The first kappa shape index (κ1) is 12.4. The van der Waals surface area contributed by atoms with Crippen molar-refractivity contribution in [2.24, 2.45) is 0 Å². The highest BCUT2D eigenvalue weighted by Gasteiger charge is 2.04. The summed E-state index contributed by atoms with van der Waals surface area (Å²) >= 11 is 0. The van der Waals surface area contributed by atoms with Crippen LogP contribution < -0.4 is 10.1 Å². The van der Waals surface area contributed by atoms with Crippen LogP contribution in [0.2, 0.25) is 0 Å². The van der Waals surface area contributed by atoms with E-state index < -0.39 is 6.10 Å². The van der Waals surface area contributed by atoms with E-state index in [0.717, 1.165) is 5.69 Å². The maximum absolute atomic E-state index is 9.17. The third kappa shape index (κ3) is 3.16. The van der Waals surface area contributed by atoms with Gasteiger partial charge in [0.1, 0.15) is 5.75 Å². The Labute approximate surface area is 94.9 Å². The Kier molecular flexibility index (Phi) is 4.65. The zero-order valence-corrected chi connectivity index (χ0v) is 9.10. The number of rotatable bonds is 5. The topological polar surface area (TPSA) is 61.7 Å². The van der Waals surface area contributed by atoms with Gasteiger partial charge in [0.05, 0.1) is 25.4 Å². The van der Waals surface area contributed by atoms with E-state index in [2.05, 4.69) is 11.2 Å². The van der Waals surface area contributed by atoms with E-state index in [0.29, 0.717) is 11.3 Å². The fourth-order valence-corrected chi connectivity index (χ4v) is 1.23. The second kappa shape index (κ2) is 6.01. The Morgan fingerprint density at radius 2 is 2.31 bits per heavy atom. The second-order valence-electron chi connectivity index (χ2n) is 3.28. The monoisotopic (exact) mass is 221 g/mol. The minimum Gasteiger partial charge on any atom is -0.495 e. The molecule has 1 rings (SSSR count). The molecule has 3 N–H and O–H groups in total. The summed E-state index contributed by atoms with van der Waals surface area (Å²) in [6, 6.07) is 5.30. The predicted octanol–water partition coefficient (Wildman–Crippen LogP) is 0.442. The molecule has 0 aromatic heterocycles. The molecule has 4 heteroatoms. The number of aliphatic hydroxyl groups is 2. The second-order valence-corrected chi connectivity index (χ2v) is 3.28. The lowest BCUT2D eigenvalue weighted by Gasteiger charge is -2.11. The molecule has 1 aromatic carbocycles. The van der Waals surface area contributed by atoms with Gasteiger partial charge in [-0.1, -0.05) is 5.92 Å². The van der Waals surface area contributed by atoms with Crippen LogP contribution in [0.4, 0.5) is 5.69 Å². The quantitative estimate of drug-likeness (QED) is 0.631. The summed E-state index contributed by atoms with van der Waals surface area (Å²) in [6.07, 6.45) is 4.55. The van der Waals surface area contributed by atoms with Gasteiger partial charge in [-0.2, -0.15) is 0 Å². The summed E-state index contributed by atoms with van der Waals surface area (Å²) in [4.78, 5) is 0. The van der Waals surface area contributed by atoms with E-state index in [4.69, 9.17) is 21.4 Å².